The van der Waals surface area contributed by atoms with Crippen LogP contribution in [0.4, 0.5) is 0 Å². The molecular formula is C29H44N4O7S. The number of aryl methyl sites for hydroxylation is 1. The van der Waals surface area contributed by atoms with Crippen molar-refractivity contribution in [3.05, 3.63) is 35.4 Å². The highest BCUT2D eigenvalue weighted by molar-refractivity contribution is 7.80. The van der Waals surface area contributed by atoms with Gasteiger partial charge in [0.2, 0.25) is 17.7 Å². The van der Waals surface area contributed by atoms with Crippen LogP contribution in [-0.4, -0.2) is 64.5 Å². The van der Waals surface area contributed by atoms with E-state index >= 15 is 0 Å². The van der Waals surface area contributed by atoms with Crippen LogP contribution in [0.15, 0.2) is 24.3 Å². The van der Waals surface area contributed by atoms with Crippen molar-refractivity contribution in [3.63, 3.8) is 0 Å². The van der Waals surface area contributed by atoms with Crippen molar-refractivity contribution < 1.29 is 33.4 Å². The topological polar surface area (TPSA) is 166 Å². The van der Waals surface area contributed by atoms with E-state index in [9.17, 15) is 24.0 Å². The zero-order valence-electron chi connectivity index (χ0n) is 25.2. The van der Waals surface area contributed by atoms with Crippen LogP contribution in [0.25, 0.3) is 0 Å². The van der Waals surface area contributed by atoms with Crippen LogP contribution >= 0.6 is 12.2 Å². The lowest BCUT2D eigenvalue weighted by Crippen LogP contribution is -2.55. The number of nitrogens with one attached hydrogen (secondary N) is 3. The van der Waals surface area contributed by atoms with E-state index in [1.54, 1.807) is 67.5 Å². The molecule has 0 unspecified atom stereocenters. The lowest BCUT2D eigenvalue weighted by molar-refractivity contribution is -0.160. The molecule has 1 aromatic carbocycles. The number of carbonyl (C=O) groups is 5. The van der Waals surface area contributed by atoms with E-state index in [1.165, 1.54) is 0 Å². The second-order valence-electron chi connectivity index (χ2n) is 12.0. The Balaban J connectivity index is 2.85. The molecule has 0 radical (unpaired) electrons. The predicted molar refractivity (Wildman–Crippen MR) is 159 cm³/mol. The van der Waals surface area contributed by atoms with Gasteiger partial charge in [0.15, 0.2) is 0 Å². The van der Waals surface area contributed by atoms with Gasteiger partial charge in [-0.25, -0.2) is 4.79 Å². The number of nitrogens with two attached hydrogens (primary N) is 1. The van der Waals surface area contributed by atoms with Crippen LogP contribution in [0, 0.1) is 5.92 Å². The molecule has 0 aliphatic heterocycles. The van der Waals surface area contributed by atoms with Crippen LogP contribution in [-0.2, 0) is 39.9 Å². The molecule has 0 aliphatic carbocycles. The van der Waals surface area contributed by atoms with Crippen LogP contribution in [0.1, 0.15) is 79.4 Å². The molecule has 12 heteroatoms. The predicted octanol–water partition coefficient (Wildman–Crippen LogP) is 2.07. The first-order valence-corrected chi connectivity index (χ1v) is 13.9. The summed E-state index contributed by atoms with van der Waals surface area (Å²) in [6, 6.07) is 4.79. The Kier molecular flexibility index (Phi) is 13.4. The minimum atomic E-state index is -1.36. The minimum absolute atomic E-state index is 0.119. The maximum Gasteiger partial charge on any atom is 0.329 e. The molecule has 0 aromatic heterocycles. The molecule has 0 spiro atoms. The quantitative estimate of drug-likeness (QED) is 0.198. The standard InChI is InChI=1S/C29H44N4O7S/c1-17(2)24(27(38)40-29(6,7)8)33-26(37)20(15-23(36)39-28(3,4)5)32-22(35)16-31-21(34)14-11-18-9-12-19(13-10-18)25(30)41/h9-10,12-13,17,20,24H,11,14-16H2,1-8H3,(H2,30,41)(H,31,34)(H,32,35)(H,33,37)/t20-,24-/m0/s1. The molecule has 2 atom stereocenters. The monoisotopic (exact) mass is 592 g/mol. The molecule has 11 nitrogen and oxygen atoms in total. The van der Waals surface area contributed by atoms with E-state index in [0.717, 1.165) is 11.1 Å². The minimum Gasteiger partial charge on any atom is -0.460 e. The maximum atomic E-state index is 13.2. The summed E-state index contributed by atoms with van der Waals surface area (Å²) in [4.78, 5) is 63.7. The largest absolute Gasteiger partial charge is 0.460 e. The number of amides is 3. The normalized spacial score (nSPS) is 13.0. The van der Waals surface area contributed by atoms with Gasteiger partial charge in [-0.2, -0.15) is 0 Å². The molecule has 1 rings (SSSR count). The summed E-state index contributed by atoms with van der Waals surface area (Å²) in [6.45, 7) is 13.2. The number of thiocarbonyl (C=S) groups is 1. The fraction of sp³-hybridized carbons (Fsp3) is 0.586. The molecule has 228 valence electrons. The fourth-order valence-corrected chi connectivity index (χ4v) is 3.62. The summed E-state index contributed by atoms with van der Waals surface area (Å²) in [7, 11) is 0. The number of benzene rings is 1. The Morgan fingerprint density at radius 3 is 1.93 bits per heavy atom. The summed E-state index contributed by atoms with van der Waals surface area (Å²) < 4.78 is 10.7. The van der Waals surface area contributed by atoms with Crippen molar-refractivity contribution in [2.75, 3.05) is 6.54 Å². The van der Waals surface area contributed by atoms with Crippen LogP contribution in [0.2, 0.25) is 0 Å². The molecule has 3 amide bonds. The van der Waals surface area contributed by atoms with Gasteiger partial charge in [-0.05, 0) is 59.4 Å². The highest BCUT2D eigenvalue weighted by Gasteiger charge is 2.33. The second kappa shape index (κ2) is 15.5. The second-order valence-corrected chi connectivity index (χ2v) is 12.5. The number of carbonyl (C=O) groups excluding carboxylic acids is 5. The Hall–Kier alpha value is -3.54. The Labute approximate surface area is 247 Å². The number of ether oxygens (including phenoxy) is 2. The molecular weight excluding hydrogens is 548 g/mol. The molecule has 0 heterocycles. The number of esters is 2. The maximum absolute atomic E-state index is 13.2. The van der Waals surface area contributed by atoms with E-state index in [1.807, 2.05) is 12.1 Å². The summed E-state index contributed by atoms with van der Waals surface area (Å²) in [5, 5.41) is 7.56. The first-order valence-electron chi connectivity index (χ1n) is 13.5. The fourth-order valence-electron chi connectivity index (χ4n) is 3.48. The molecule has 0 bridgehead atoms. The first kappa shape index (κ1) is 35.5. The summed E-state index contributed by atoms with van der Waals surface area (Å²) >= 11 is 4.93. The zero-order chi connectivity index (χ0) is 31.5. The summed E-state index contributed by atoms with van der Waals surface area (Å²) in [5.41, 5.74) is 5.61. The lowest BCUT2D eigenvalue weighted by Gasteiger charge is -2.28. The Morgan fingerprint density at radius 1 is 0.878 bits per heavy atom. The van der Waals surface area contributed by atoms with Crippen molar-refractivity contribution in [3.8, 4) is 0 Å². The SMILES string of the molecule is CC(C)[C@H](NC(=O)[C@H](CC(=O)OC(C)(C)C)NC(=O)CNC(=O)CCc1ccc(C(N)=S)cc1)C(=O)OC(C)(C)C. The van der Waals surface area contributed by atoms with Gasteiger partial charge < -0.3 is 31.2 Å². The van der Waals surface area contributed by atoms with E-state index in [4.69, 9.17) is 27.4 Å². The van der Waals surface area contributed by atoms with E-state index < -0.39 is 60.0 Å². The molecule has 0 saturated carbocycles. The smallest absolute Gasteiger partial charge is 0.329 e. The third-order valence-electron chi connectivity index (χ3n) is 5.39. The number of hydrogen-bond acceptors (Lipinski definition) is 8. The lowest BCUT2D eigenvalue weighted by atomic mass is 10.0. The van der Waals surface area contributed by atoms with Crippen molar-refractivity contribution in [1.29, 1.82) is 0 Å². The van der Waals surface area contributed by atoms with Gasteiger partial charge in [-0.1, -0.05) is 50.3 Å². The van der Waals surface area contributed by atoms with Gasteiger partial charge in [0.25, 0.3) is 0 Å². The average molecular weight is 593 g/mol. The number of rotatable bonds is 13. The molecule has 5 N–H and O–H groups in total. The van der Waals surface area contributed by atoms with Gasteiger partial charge in [-0.3, -0.25) is 19.2 Å². The van der Waals surface area contributed by atoms with E-state index in [0.29, 0.717) is 6.42 Å². The zero-order valence-corrected chi connectivity index (χ0v) is 26.0. The first-order chi connectivity index (χ1) is 18.8. The summed E-state index contributed by atoms with van der Waals surface area (Å²) in [6.07, 6.45) is 0.0631. The molecule has 0 fully saturated rings. The van der Waals surface area contributed by atoms with Crippen LogP contribution < -0.4 is 21.7 Å². The average Bonchev–Trinajstić information content (AvgIpc) is 2.81. The molecule has 0 saturated heterocycles. The summed E-state index contributed by atoms with van der Waals surface area (Å²) in [5.74, 6) is -3.54. The van der Waals surface area contributed by atoms with E-state index in [2.05, 4.69) is 16.0 Å². The van der Waals surface area contributed by atoms with Gasteiger partial charge in [-0.15, -0.1) is 0 Å². The van der Waals surface area contributed by atoms with Crippen molar-refractivity contribution in [2.45, 2.75) is 97.9 Å². The van der Waals surface area contributed by atoms with E-state index in [-0.39, 0.29) is 23.2 Å². The Bertz CT molecular complexity index is 1110. The third-order valence-corrected chi connectivity index (χ3v) is 5.63. The van der Waals surface area contributed by atoms with Gasteiger partial charge >= 0.3 is 11.9 Å². The van der Waals surface area contributed by atoms with Gasteiger partial charge in [0.05, 0.1) is 13.0 Å². The van der Waals surface area contributed by atoms with Gasteiger partial charge in [0, 0.05) is 12.0 Å². The Morgan fingerprint density at radius 2 is 1.44 bits per heavy atom. The van der Waals surface area contributed by atoms with Crippen LogP contribution in [0.5, 0.6) is 0 Å². The van der Waals surface area contributed by atoms with Gasteiger partial charge in [0.1, 0.15) is 28.3 Å². The highest BCUT2D eigenvalue weighted by atomic mass is 32.1. The highest BCUT2D eigenvalue weighted by Crippen LogP contribution is 2.14. The van der Waals surface area contributed by atoms with Crippen LogP contribution in [0.3, 0.4) is 0 Å². The molecule has 1 aromatic rings. The molecule has 0 aliphatic rings. The molecule has 41 heavy (non-hydrogen) atoms. The van der Waals surface area contributed by atoms with Crippen molar-refractivity contribution >= 4 is 46.9 Å². The number of hydrogen-bond donors (Lipinski definition) is 4. The van der Waals surface area contributed by atoms with Crippen molar-refractivity contribution in [1.82, 2.24) is 16.0 Å². The van der Waals surface area contributed by atoms with Crippen molar-refractivity contribution in [2.24, 2.45) is 11.7 Å². The third kappa shape index (κ3) is 14.6.